The topological polar surface area (TPSA) is 58.6 Å². The van der Waals surface area contributed by atoms with Gasteiger partial charge in [0, 0.05) is 43.9 Å². The first kappa shape index (κ1) is 25.5. The van der Waals surface area contributed by atoms with Gasteiger partial charge in [-0.05, 0) is 42.7 Å². The van der Waals surface area contributed by atoms with Crippen LogP contribution in [0.1, 0.15) is 39.7 Å². The summed E-state index contributed by atoms with van der Waals surface area (Å²) < 4.78 is 5.32. The van der Waals surface area contributed by atoms with E-state index in [0.717, 1.165) is 59.3 Å². The highest BCUT2D eigenvalue weighted by atomic mass is 16.5. The summed E-state index contributed by atoms with van der Waals surface area (Å²) in [6.07, 6.45) is 0.745. The van der Waals surface area contributed by atoms with E-state index in [0.29, 0.717) is 13.1 Å². The van der Waals surface area contributed by atoms with Gasteiger partial charge in [0.25, 0.3) is 0 Å². The van der Waals surface area contributed by atoms with Gasteiger partial charge in [-0.25, -0.2) is 9.97 Å². The number of nitrogens with zero attached hydrogens (tertiary/aromatic N) is 4. The predicted octanol–water partition coefficient (Wildman–Crippen LogP) is 5.17. The predicted molar refractivity (Wildman–Crippen MR) is 151 cm³/mol. The first-order valence-corrected chi connectivity index (χ1v) is 13.1. The minimum Gasteiger partial charge on any atom is -0.497 e. The van der Waals surface area contributed by atoms with E-state index in [1.54, 1.807) is 7.11 Å². The van der Waals surface area contributed by atoms with Gasteiger partial charge in [0.05, 0.1) is 13.0 Å². The first-order chi connectivity index (χ1) is 18.5. The molecule has 194 valence electrons. The number of rotatable bonds is 7. The highest BCUT2D eigenvalue weighted by Crippen LogP contribution is 2.29. The van der Waals surface area contributed by atoms with Crippen LogP contribution in [0.2, 0.25) is 0 Å². The fraction of sp³-hybridized carbons (Fsp3) is 0.281. The molecule has 38 heavy (non-hydrogen) atoms. The second-order valence-electron chi connectivity index (χ2n) is 9.75. The monoisotopic (exact) mass is 506 g/mol. The van der Waals surface area contributed by atoms with Crippen LogP contribution >= 0.6 is 0 Å². The van der Waals surface area contributed by atoms with Gasteiger partial charge in [-0.1, -0.05) is 72.8 Å². The molecule has 1 amide bonds. The number of methoxy groups -OCH3 is 1. The number of aryl methyl sites for hydroxylation is 2. The maximum Gasteiger partial charge on any atom is 0.234 e. The second kappa shape index (κ2) is 11.5. The number of benzene rings is 3. The molecule has 5 rings (SSSR count). The summed E-state index contributed by atoms with van der Waals surface area (Å²) >= 11 is 0. The van der Waals surface area contributed by atoms with Crippen LogP contribution in [0, 0.1) is 13.8 Å². The molecule has 0 aliphatic carbocycles. The van der Waals surface area contributed by atoms with Gasteiger partial charge in [-0.3, -0.25) is 4.79 Å². The standard InChI is InChI=1S/C32H34N4O2/c1-23-29(22-25-14-16-28(38-3)17-15-25)31(34-24(2)33-23)35-18-20-36(21-19-35)32(37)30(26-10-6-4-7-11-26)27-12-8-5-9-13-27/h4-17,30H,18-22H2,1-3H3. The molecule has 2 heterocycles. The minimum absolute atomic E-state index is 0.149. The molecule has 0 atom stereocenters. The normalized spacial score (nSPS) is 13.6. The molecule has 1 aromatic heterocycles. The Morgan fingerprint density at radius 3 is 1.95 bits per heavy atom. The maximum atomic E-state index is 13.9. The van der Waals surface area contributed by atoms with Crippen LogP contribution in [0.25, 0.3) is 0 Å². The number of carbonyl (C=O) groups excluding carboxylic acids is 1. The van der Waals surface area contributed by atoms with Gasteiger partial charge in [0.1, 0.15) is 17.4 Å². The Balaban J connectivity index is 1.35. The molecule has 0 bridgehead atoms. The number of aromatic nitrogens is 2. The van der Waals surface area contributed by atoms with Crippen molar-refractivity contribution in [2.24, 2.45) is 0 Å². The average Bonchev–Trinajstić information content (AvgIpc) is 2.96. The molecule has 6 nitrogen and oxygen atoms in total. The smallest absolute Gasteiger partial charge is 0.234 e. The number of anilines is 1. The lowest BCUT2D eigenvalue weighted by molar-refractivity contribution is -0.132. The highest BCUT2D eigenvalue weighted by Gasteiger charge is 2.31. The Bertz CT molecular complexity index is 1330. The maximum absolute atomic E-state index is 13.9. The third-order valence-electron chi connectivity index (χ3n) is 7.25. The van der Waals surface area contributed by atoms with Crippen LogP contribution in [0.5, 0.6) is 5.75 Å². The average molecular weight is 507 g/mol. The van der Waals surface area contributed by atoms with Gasteiger partial charge >= 0.3 is 0 Å². The Kier molecular flexibility index (Phi) is 7.68. The van der Waals surface area contributed by atoms with E-state index in [9.17, 15) is 4.79 Å². The Hall–Kier alpha value is -4.19. The highest BCUT2D eigenvalue weighted by molar-refractivity contribution is 5.87. The van der Waals surface area contributed by atoms with E-state index < -0.39 is 0 Å². The van der Waals surface area contributed by atoms with Crippen molar-refractivity contribution in [1.82, 2.24) is 14.9 Å². The van der Waals surface area contributed by atoms with E-state index in [2.05, 4.69) is 28.9 Å². The van der Waals surface area contributed by atoms with Crippen LogP contribution in [-0.4, -0.2) is 54.1 Å². The zero-order valence-electron chi connectivity index (χ0n) is 22.3. The molecule has 1 aliphatic heterocycles. The lowest BCUT2D eigenvalue weighted by Crippen LogP contribution is -2.50. The third kappa shape index (κ3) is 5.54. The van der Waals surface area contributed by atoms with Crippen molar-refractivity contribution < 1.29 is 9.53 Å². The Labute approximate surface area is 224 Å². The van der Waals surface area contributed by atoms with Gasteiger partial charge in [0.2, 0.25) is 5.91 Å². The van der Waals surface area contributed by atoms with E-state index in [1.165, 1.54) is 5.56 Å². The fourth-order valence-electron chi connectivity index (χ4n) is 5.22. The summed E-state index contributed by atoms with van der Waals surface area (Å²) in [5.74, 6) is 2.42. The number of carbonyl (C=O) groups is 1. The van der Waals surface area contributed by atoms with Crippen LogP contribution in [-0.2, 0) is 11.2 Å². The summed E-state index contributed by atoms with van der Waals surface area (Å²) in [6, 6.07) is 28.3. The van der Waals surface area contributed by atoms with E-state index in [-0.39, 0.29) is 11.8 Å². The summed E-state index contributed by atoms with van der Waals surface area (Å²) in [4.78, 5) is 27.7. The first-order valence-electron chi connectivity index (χ1n) is 13.1. The number of amides is 1. The molecule has 0 radical (unpaired) electrons. The molecule has 0 saturated carbocycles. The Morgan fingerprint density at radius 1 is 0.816 bits per heavy atom. The molecule has 6 heteroatoms. The van der Waals surface area contributed by atoms with Crippen molar-refractivity contribution in [2.45, 2.75) is 26.2 Å². The van der Waals surface area contributed by atoms with Crippen molar-refractivity contribution >= 4 is 11.7 Å². The lowest BCUT2D eigenvalue weighted by Gasteiger charge is -2.38. The molecule has 0 spiro atoms. The summed E-state index contributed by atoms with van der Waals surface area (Å²) in [5, 5.41) is 0. The van der Waals surface area contributed by atoms with Gasteiger partial charge in [0.15, 0.2) is 0 Å². The molecule has 1 saturated heterocycles. The van der Waals surface area contributed by atoms with Crippen molar-refractivity contribution in [1.29, 1.82) is 0 Å². The summed E-state index contributed by atoms with van der Waals surface area (Å²) in [7, 11) is 1.68. The summed E-state index contributed by atoms with van der Waals surface area (Å²) in [5.41, 5.74) is 5.36. The quantitative estimate of drug-likeness (QED) is 0.346. The molecule has 0 unspecified atom stereocenters. The van der Waals surface area contributed by atoms with E-state index in [4.69, 9.17) is 9.72 Å². The van der Waals surface area contributed by atoms with Crippen LogP contribution in [0.15, 0.2) is 84.9 Å². The fourth-order valence-corrected chi connectivity index (χ4v) is 5.22. The van der Waals surface area contributed by atoms with Gasteiger partial charge in [-0.2, -0.15) is 0 Å². The van der Waals surface area contributed by atoms with E-state index in [1.807, 2.05) is 84.6 Å². The summed E-state index contributed by atoms with van der Waals surface area (Å²) in [6.45, 7) is 6.76. The molecule has 3 aromatic carbocycles. The molecular weight excluding hydrogens is 472 g/mol. The van der Waals surface area contributed by atoms with E-state index >= 15 is 0 Å². The van der Waals surface area contributed by atoms with Crippen molar-refractivity contribution in [3.63, 3.8) is 0 Å². The number of hydrogen-bond acceptors (Lipinski definition) is 5. The Morgan fingerprint density at radius 2 is 1.39 bits per heavy atom. The van der Waals surface area contributed by atoms with Crippen molar-refractivity contribution in [2.75, 3.05) is 38.2 Å². The lowest BCUT2D eigenvalue weighted by atomic mass is 9.90. The molecular formula is C32H34N4O2. The van der Waals surface area contributed by atoms with Gasteiger partial charge < -0.3 is 14.5 Å². The third-order valence-corrected chi connectivity index (χ3v) is 7.25. The number of ether oxygens (including phenoxy) is 1. The molecule has 1 fully saturated rings. The molecule has 0 N–H and O–H groups in total. The van der Waals surface area contributed by atoms with Crippen LogP contribution < -0.4 is 9.64 Å². The minimum atomic E-state index is -0.307. The zero-order chi connectivity index (χ0) is 26.5. The number of piperazine rings is 1. The van der Waals surface area contributed by atoms with Crippen molar-refractivity contribution in [3.05, 3.63) is 119 Å². The van der Waals surface area contributed by atoms with Crippen LogP contribution in [0.4, 0.5) is 5.82 Å². The number of hydrogen-bond donors (Lipinski definition) is 0. The molecule has 4 aromatic rings. The largest absolute Gasteiger partial charge is 0.497 e. The second-order valence-corrected chi connectivity index (χ2v) is 9.75. The van der Waals surface area contributed by atoms with Crippen LogP contribution in [0.3, 0.4) is 0 Å². The molecule has 1 aliphatic rings. The SMILES string of the molecule is COc1ccc(Cc2c(C)nc(C)nc2N2CCN(C(=O)C(c3ccccc3)c3ccccc3)CC2)cc1. The van der Waals surface area contributed by atoms with Gasteiger partial charge in [-0.15, -0.1) is 0 Å². The zero-order valence-corrected chi connectivity index (χ0v) is 22.3. The van der Waals surface area contributed by atoms with Crippen molar-refractivity contribution in [3.8, 4) is 5.75 Å².